The van der Waals surface area contributed by atoms with Crippen LogP contribution in [-0.2, 0) is 9.59 Å². The fourth-order valence-electron chi connectivity index (χ4n) is 3.34. The van der Waals surface area contributed by atoms with Gasteiger partial charge in [0.15, 0.2) is 0 Å². The molecule has 2 N–H and O–H groups in total. The molecule has 0 saturated carbocycles. The van der Waals surface area contributed by atoms with Crippen molar-refractivity contribution in [1.29, 1.82) is 0 Å². The van der Waals surface area contributed by atoms with Gasteiger partial charge in [0.2, 0.25) is 5.91 Å². The Kier molecular flexibility index (Phi) is 6.63. The average molecular weight is 374 g/mol. The molecule has 0 bridgehead atoms. The Bertz CT molecular complexity index is 699. The second kappa shape index (κ2) is 8.55. The molecule has 1 aromatic rings. The fourth-order valence-corrected chi connectivity index (χ4v) is 3.34. The van der Waals surface area contributed by atoms with Crippen molar-refractivity contribution in [3.63, 3.8) is 0 Å². The van der Waals surface area contributed by atoms with E-state index >= 15 is 0 Å². The predicted octanol–water partition coefficient (Wildman–Crippen LogP) is 2.85. The van der Waals surface area contributed by atoms with E-state index in [9.17, 15) is 19.5 Å². The van der Waals surface area contributed by atoms with E-state index in [0.29, 0.717) is 25.1 Å². The normalized spacial score (nSPS) is 19.4. The molecular formula is C21H30N2O4. The number of carbonyl (C=O) groups excluding carboxylic acids is 2. The number of nitrogens with zero attached hydrogens (tertiary/aromatic N) is 1. The van der Waals surface area contributed by atoms with Crippen LogP contribution in [0.2, 0.25) is 0 Å². The summed E-state index contributed by atoms with van der Waals surface area (Å²) in [6, 6.07) is 7.43. The molecule has 0 aliphatic carbocycles. The van der Waals surface area contributed by atoms with Gasteiger partial charge in [-0.2, -0.15) is 0 Å². The minimum atomic E-state index is -0.939. The number of hydrogen-bond donors (Lipinski definition) is 2. The fraction of sp³-hybridized carbons (Fsp3) is 0.571. The molecule has 6 nitrogen and oxygen atoms in total. The first-order valence-electron chi connectivity index (χ1n) is 9.52. The van der Waals surface area contributed by atoms with Crippen LogP contribution in [0.4, 0.5) is 0 Å². The summed E-state index contributed by atoms with van der Waals surface area (Å²) in [5.74, 6) is -1.52. The van der Waals surface area contributed by atoms with Crippen molar-refractivity contribution in [3.8, 4) is 0 Å². The highest BCUT2D eigenvalue weighted by Gasteiger charge is 2.36. The summed E-state index contributed by atoms with van der Waals surface area (Å²) in [7, 11) is 0. The van der Waals surface area contributed by atoms with E-state index in [0.717, 1.165) is 12.0 Å². The third kappa shape index (κ3) is 5.31. The van der Waals surface area contributed by atoms with Crippen LogP contribution >= 0.6 is 0 Å². The number of hydrogen-bond acceptors (Lipinski definition) is 3. The van der Waals surface area contributed by atoms with E-state index in [4.69, 9.17) is 0 Å². The summed E-state index contributed by atoms with van der Waals surface area (Å²) in [5, 5.41) is 12.1. The predicted molar refractivity (Wildman–Crippen MR) is 103 cm³/mol. The van der Waals surface area contributed by atoms with Gasteiger partial charge in [0, 0.05) is 24.2 Å². The lowest BCUT2D eigenvalue weighted by atomic mass is 9.84. The number of piperidine rings is 1. The molecule has 1 heterocycles. The Morgan fingerprint density at radius 1 is 1.26 bits per heavy atom. The van der Waals surface area contributed by atoms with E-state index < -0.39 is 11.5 Å². The summed E-state index contributed by atoms with van der Waals surface area (Å²) in [4.78, 5) is 38.5. The second-order valence-electron chi connectivity index (χ2n) is 8.09. The minimum absolute atomic E-state index is 0.0218. The van der Waals surface area contributed by atoms with Crippen LogP contribution in [0.1, 0.15) is 56.0 Å². The highest BCUT2D eigenvalue weighted by Crippen LogP contribution is 2.24. The van der Waals surface area contributed by atoms with Gasteiger partial charge in [0.25, 0.3) is 5.91 Å². The highest BCUT2D eigenvalue weighted by atomic mass is 16.4. The van der Waals surface area contributed by atoms with Crippen molar-refractivity contribution >= 4 is 17.8 Å². The third-order valence-electron chi connectivity index (χ3n) is 5.58. The molecule has 148 valence electrons. The molecule has 0 radical (unpaired) electrons. The Hall–Kier alpha value is -2.37. The van der Waals surface area contributed by atoms with Crippen LogP contribution in [-0.4, -0.2) is 46.4 Å². The second-order valence-corrected chi connectivity index (χ2v) is 8.09. The molecule has 1 fully saturated rings. The van der Waals surface area contributed by atoms with Crippen molar-refractivity contribution in [2.24, 2.45) is 11.8 Å². The van der Waals surface area contributed by atoms with E-state index in [2.05, 4.69) is 5.32 Å². The maximum atomic E-state index is 12.8. The maximum absolute atomic E-state index is 12.8. The van der Waals surface area contributed by atoms with Gasteiger partial charge >= 0.3 is 5.97 Å². The van der Waals surface area contributed by atoms with E-state index in [1.165, 1.54) is 0 Å². The zero-order valence-corrected chi connectivity index (χ0v) is 16.6. The van der Waals surface area contributed by atoms with Crippen LogP contribution in [0.3, 0.4) is 0 Å². The molecule has 2 rings (SSSR count). The zero-order valence-electron chi connectivity index (χ0n) is 16.6. The molecule has 6 heteroatoms. The SMILES string of the molecule is Cc1ccc(C(=O)N2CCCC(C(=O)NC(C)(CC(=O)O)C(C)C)C2)cc1. The number of benzene rings is 1. The van der Waals surface area contributed by atoms with E-state index in [1.54, 1.807) is 11.8 Å². The van der Waals surface area contributed by atoms with Crippen molar-refractivity contribution < 1.29 is 19.5 Å². The molecular weight excluding hydrogens is 344 g/mol. The molecule has 27 heavy (non-hydrogen) atoms. The first kappa shape index (κ1) is 20.9. The summed E-state index contributed by atoms with van der Waals surface area (Å²) < 4.78 is 0. The summed E-state index contributed by atoms with van der Waals surface area (Å²) in [5.41, 5.74) is 0.903. The number of carbonyl (C=O) groups is 3. The maximum Gasteiger partial charge on any atom is 0.305 e. The van der Waals surface area contributed by atoms with Gasteiger partial charge in [0.1, 0.15) is 0 Å². The lowest BCUT2D eigenvalue weighted by molar-refractivity contribution is -0.140. The van der Waals surface area contributed by atoms with Crippen LogP contribution < -0.4 is 5.32 Å². The third-order valence-corrected chi connectivity index (χ3v) is 5.58. The smallest absolute Gasteiger partial charge is 0.305 e. The van der Waals surface area contributed by atoms with Gasteiger partial charge in [-0.05, 0) is 44.7 Å². The molecule has 2 amide bonds. The van der Waals surface area contributed by atoms with Gasteiger partial charge in [-0.15, -0.1) is 0 Å². The molecule has 1 aliphatic heterocycles. The zero-order chi connectivity index (χ0) is 20.2. The number of aliphatic carboxylic acids is 1. The summed E-state index contributed by atoms with van der Waals surface area (Å²) >= 11 is 0. The lowest BCUT2D eigenvalue weighted by Gasteiger charge is -2.37. The average Bonchev–Trinajstić information content (AvgIpc) is 2.61. The van der Waals surface area contributed by atoms with Gasteiger partial charge in [-0.1, -0.05) is 31.5 Å². The number of rotatable bonds is 6. The standard InChI is InChI=1S/C21H30N2O4/c1-14(2)21(4,12-18(24)25)22-19(26)17-6-5-11-23(13-17)20(27)16-9-7-15(3)8-10-16/h7-10,14,17H,5-6,11-13H2,1-4H3,(H,22,26)(H,24,25). The molecule has 2 atom stereocenters. The summed E-state index contributed by atoms with van der Waals surface area (Å²) in [6.07, 6.45) is 1.33. The first-order chi connectivity index (χ1) is 12.6. The Morgan fingerprint density at radius 3 is 2.44 bits per heavy atom. The largest absolute Gasteiger partial charge is 0.481 e. The quantitative estimate of drug-likeness (QED) is 0.802. The summed E-state index contributed by atoms with van der Waals surface area (Å²) in [6.45, 7) is 8.53. The monoisotopic (exact) mass is 374 g/mol. The Morgan fingerprint density at radius 2 is 1.89 bits per heavy atom. The Labute approximate surface area is 160 Å². The van der Waals surface area contributed by atoms with Gasteiger partial charge in [0.05, 0.1) is 12.3 Å². The van der Waals surface area contributed by atoms with Crippen LogP contribution in [0.25, 0.3) is 0 Å². The molecule has 1 aromatic carbocycles. The van der Waals surface area contributed by atoms with Crippen LogP contribution in [0.15, 0.2) is 24.3 Å². The molecule has 0 spiro atoms. The van der Waals surface area contributed by atoms with E-state index in [1.807, 2.05) is 45.0 Å². The van der Waals surface area contributed by atoms with E-state index in [-0.39, 0.29) is 30.1 Å². The Balaban J connectivity index is 2.06. The number of amides is 2. The first-order valence-corrected chi connectivity index (χ1v) is 9.52. The number of carboxylic acids is 1. The minimum Gasteiger partial charge on any atom is -0.481 e. The number of aryl methyl sites for hydroxylation is 1. The molecule has 2 unspecified atom stereocenters. The van der Waals surface area contributed by atoms with Crippen molar-refractivity contribution in [2.45, 2.75) is 52.5 Å². The highest BCUT2D eigenvalue weighted by molar-refractivity contribution is 5.94. The number of likely N-dealkylation sites (tertiary alicyclic amines) is 1. The van der Waals surface area contributed by atoms with Crippen LogP contribution in [0.5, 0.6) is 0 Å². The lowest BCUT2D eigenvalue weighted by Crippen LogP contribution is -2.55. The molecule has 1 aliphatic rings. The van der Waals surface area contributed by atoms with Gasteiger partial charge < -0.3 is 15.3 Å². The van der Waals surface area contributed by atoms with Crippen molar-refractivity contribution in [3.05, 3.63) is 35.4 Å². The van der Waals surface area contributed by atoms with Crippen LogP contribution in [0, 0.1) is 18.8 Å². The van der Waals surface area contributed by atoms with Gasteiger partial charge in [-0.25, -0.2) is 0 Å². The molecule has 0 aromatic heterocycles. The van der Waals surface area contributed by atoms with Crippen molar-refractivity contribution in [2.75, 3.05) is 13.1 Å². The topological polar surface area (TPSA) is 86.7 Å². The molecule has 1 saturated heterocycles. The van der Waals surface area contributed by atoms with Crippen molar-refractivity contribution in [1.82, 2.24) is 10.2 Å². The van der Waals surface area contributed by atoms with Gasteiger partial charge in [-0.3, -0.25) is 14.4 Å². The number of nitrogens with one attached hydrogen (secondary N) is 1. The number of carboxylic acid groups (broad SMARTS) is 1.